The molecule has 248 valence electrons. The Balaban J connectivity index is 1.12. The lowest BCUT2D eigenvalue weighted by Crippen LogP contribution is -2.01. The van der Waals surface area contributed by atoms with Gasteiger partial charge in [-0.25, -0.2) is 19.9 Å². The van der Waals surface area contributed by atoms with Crippen LogP contribution in [0.5, 0.6) is 0 Å². The van der Waals surface area contributed by atoms with Gasteiger partial charge in [0.25, 0.3) is 0 Å². The average molecular weight is 682 g/mol. The van der Waals surface area contributed by atoms with Crippen LogP contribution in [0.4, 0.5) is 0 Å². The number of fused-ring (bicyclic) bond motifs is 7. The molecule has 4 aromatic heterocycles. The fraction of sp³-hybridized carbons (Fsp3) is 0. The van der Waals surface area contributed by atoms with Crippen LogP contribution >= 0.6 is 0 Å². The van der Waals surface area contributed by atoms with Gasteiger partial charge in [0, 0.05) is 43.9 Å². The second kappa shape index (κ2) is 11.6. The predicted octanol–water partition coefficient (Wildman–Crippen LogP) is 11.7. The highest BCUT2D eigenvalue weighted by Gasteiger charge is 2.20. The summed E-state index contributed by atoms with van der Waals surface area (Å²) in [6, 6.07) is 55.4. The lowest BCUT2D eigenvalue weighted by atomic mass is 10.1. The molecule has 0 radical (unpaired) electrons. The number of benzene rings is 7. The van der Waals surface area contributed by atoms with E-state index in [0.29, 0.717) is 28.9 Å². The van der Waals surface area contributed by atoms with E-state index in [0.717, 1.165) is 66.4 Å². The monoisotopic (exact) mass is 681 g/mol. The van der Waals surface area contributed by atoms with Gasteiger partial charge in [0.05, 0.1) is 16.6 Å². The van der Waals surface area contributed by atoms with Crippen LogP contribution in [-0.2, 0) is 0 Å². The normalized spacial score (nSPS) is 11.8. The number of furan rings is 1. The topological polar surface area (TPSA) is 82.8 Å². The second-order valence-electron chi connectivity index (χ2n) is 13.1. The van der Waals surface area contributed by atoms with Gasteiger partial charge in [0.1, 0.15) is 16.7 Å². The highest BCUT2D eigenvalue weighted by atomic mass is 16.3. The third kappa shape index (κ3) is 4.75. The zero-order chi connectivity index (χ0) is 34.9. The Morgan fingerprint density at radius 2 is 1.02 bits per heavy atom. The maximum atomic E-state index is 6.44. The lowest BCUT2D eigenvalue weighted by molar-refractivity contribution is 0.620. The van der Waals surface area contributed by atoms with Crippen molar-refractivity contribution in [1.29, 1.82) is 0 Å². The van der Waals surface area contributed by atoms with Crippen LogP contribution in [0.15, 0.2) is 173 Å². The third-order valence-corrected chi connectivity index (χ3v) is 9.89. The molecule has 0 saturated carbocycles. The molecule has 0 aliphatic rings. The summed E-state index contributed by atoms with van der Waals surface area (Å²) in [7, 11) is 0. The Kier molecular flexibility index (Phi) is 6.42. The van der Waals surface area contributed by atoms with Gasteiger partial charge in [0.15, 0.2) is 23.1 Å². The first-order chi connectivity index (χ1) is 26.2. The number of hydrogen-bond acceptors (Lipinski definition) is 6. The molecule has 0 spiro atoms. The SMILES string of the molecule is c1ccc(-c2nc3cccc(-c4nc(-c5cccc(-n6c7ccccc7c7ccccc76)c5)nc(-c5ccc6c(c5)oc5ccccc56)n4)c3o2)cc1. The van der Waals surface area contributed by atoms with E-state index < -0.39 is 0 Å². The fourth-order valence-corrected chi connectivity index (χ4v) is 7.43. The summed E-state index contributed by atoms with van der Waals surface area (Å²) in [6.07, 6.45) is 0. The Labute approximate surface area is 302 Å². The summed E-state index contributed by atoms with van der Waals surface area (Å²) < 4.78 is 15.0. The first-order valence-electron chi connectivity index (χ1n) is 17.5. The summed E-state index contributed by atoms with van der Waals surface area (Å²) >= 11 is 0. The molecule has 0 atom stereocenters. The molecule has 0 unspecified atom stereocenters. The van der Waals surface area contributed by atoms with Crippen molar-refractivity contribution < 1.29 is 8.83 Å². The maximum Gasteiger partial charge on any atom is 0.227 e. The minimum absolute atomic E-state index is 0.485. The summed E-state index contributed by atoms with van der Waals surface area (Å²) in [6.45, 7) is 0. The van der Waals surface area contributed by atoms with Crippen LogP contribution in [0.1, 0.15) is 0 Å². The molecular weight excluding hydrogens is 655 g/mol. The standard InChI is InChI=1S/C46H27N5O2/c1-2-12-28(13-3-1)46-47-37-20-11-19-36(42(37)53-46)45-49-43(48-44(50-45)30-24-25-35-34-18-6-9-23-40(34)52-41(35)27-30)29-14-10-15-31(26-29)51-38-21-7-4-16-32(38)33-17-5-8-22-39(33)51/h1-27H. The van der Waals surface area contributed by atoms with Gasteiger partial charge in [-0.1, -0.05) is 97.1 Å². The van der Waals surface area contributed by atoms with Crippen molar-refractivity contribution in [2.24, 2.45) is 0 Å². The van der Waals surface area contributed by atoms with Gasteiger partial charge < -0.3 is 13.4 Å². The van der Waals surface area contributed by atoms with E-state index in [9.17, 15) is 0 Å². The van der Waals surface area contributed by atoms with E-state index in [1.165, 1.54) is 10.8 Å². The van der Waals surface area contributed by atoms with Crippen LogP contribution in [0.3, 0.4) is 0 Å². The second-order valence-corrected chi connectivity index (χ2v) is 13.1. The van der Waals surface area contributed by atoms with Crippen molar-refractivity contribution in [3.63, 3.8) is 0 Å². The van der Waals surface area contributed by atoms with Gasteiger partial charge in [0.2, 0.25) is 5.89 Å². The molecule has 0 fully saturated rings. The number of rotatable bonds is 5. The van der Waals surface area contributed by atoms with Crippen LogP contribution in [0.2, 0.25) is 0 Å². The average Bonchev–Trinajstić information content (AvgIpc) is 3.93. The van der Waals surface area contributed by atoms with E-state index in [1.807, 2.05) is 84.9 Å². The molecule has 0 N–H and O–H groups in total. The first kappa shape index (κ1) is 29.4. The molecule has 0 aliphatic carbocycles. The molecule has 7 aromatic carbocycles. The quantitative estimate of drug-likeness (QED) is 0.180. The van der Waals surface area contributed by atoms with Crippen molar-refractivity contribution in [2.45, 2.75) is 0 Å². The van der Waals surface area contributed by atoms with Crippen molar-refractivity contribution in [2.75, 3.05) is 0 Å². The molecule has 7 nitrogen and oxygen atoms in total. The molecule has 4 heterocycles. The van der Waals surface area contributed by atoms with Crippen molar-refractivity contribution in [3.05, 3.63) is 164 Å². The zero-order valence-electron chi connectivity index (χ0n) is 28.1. The largest absolute Gasteiger partial charge is 0.456 e. The molecule has 11 rings (SSSR count). The lowest BCUT2D eigenvalue weighted by Gasteiger charge is -2.11. The van der Waals surface area contributed by atoms with Gasteiger partial charge in [-0.15, -0.1) is 0 Å². The number of nitrogens with zero attached hydrogens (tertiary/aromatic N) is 5. The Morgan fingerprint density at radius 1 is 0.396 bits per heavy atom. The molecule has 53 heavy (non-hydrogen) atoms. The molecule has 0 aliphatic heterocycles. The van der Waals surface area contributed by atoms with Crippen molar-refractivity contribution >= 4 is 54.8 Å². The van der Waals surface area contributed by atoms with Gasteiger partial charge in [-0.05, 0) is 66.7 Å². The molecule has 7 heteroatoms. The Bertz CT molecular complexity index is 3140. The molecule has 11 aromatic rings. The molecule has 0 saturated heterocycles. The summed E-state index contributed by atoms with van der Waals surface area (Å²) in [5.74, 6) is 2.08. The Hall–Kier alpha value is -7.38. The van der Waals surface area contributed by atoms with E-state index in [2.05, 4.69) is 83.4 Å². The van der Waals surface area contributed by atoms with Crippen LogP contribution < -0.4 is 0 Å². The summed E-state index contributed by atoms with van der Waals surface area (Å²) in [4.78, 5) is 20.2. The minimum atomic E-state index is 0.485. The number of hydrogen-bond donors (Lipinski definition) is 0. The summed E-state index contributed by atoms with van der Waals surface area (Å²) in [5.41, 5.74) is 9.51. The van der Waals surface area contributed by atoms with Gasteiger partial charge in [-0.2, -0.15) is 0 Å². The minimum Gasteiger partial charge on any atom is -0.456 e. The van der Waals surface area contributed by atoms with Gasteiger partial charge in [-0.3, -0.25) is 0 Å². The number of para-hydroxylation sites is 4. The highest BCUT2D eigenvalue weighted by Crippen LogP contribution is 2.36. The third-order valence-electron chi connectivity index (χ3n) is 9.89. The van der Waals surface area contributed by atoms with Crippen LogP contribution in [-0.4, -0.2) is 24.5 Å². The maximum absolute atomic E-state index is 6.44. The fourth-order valence-electron chi connectivity index (χ4n) is 7.43. The smallest absolute Gasteiger partial charge is 0.227 e. The van der Waals surface area contributed by atoms with E-state index in [-0.39, 0.29) is 0 Å². The zero-order valence-corrected chi connectivity index (χ0v) is 28.1. The molecule has 0 bridgehead atoms. The van der Waals surface area contributed by atoms with E-state index in [4.69, 9.17) is 28.8 Å². The molecule has 0 amide bonds. The van der Waals surface area contributed by atoms with Gasteiger partial charge >= 0.3 is 0 Å². The predicted molar refractivity (Wildman–Crippen MR) is 211 cm³/mol. The summed E-state index contributed by atoms with van der Waals surface area (Å²) in [5, 5.41) is 4.51. The molecular formula is C46H27N5O2. The van der Waals surface area contributed by atoms with E-state index in [1.54, 1.807) is 0 Å². The number of oxazole rings is 1. The van der Waals surface area contributed by atoms with Crippen molar-refractivity contribution in [1.82, 2.24) is 24.5 Å². The first-order valence-corrected chi connectivity index (χ1v) is 17.5. The van der Waals surface area contributed by atoms with E-state index >= 15 is 0 Å². The van der Waals surface area contributed by atoms with Crippen LogP contribution in [0.25, 0.3) is 106 Å². The van der Waals surface area contributed by atoms with Crippen LogP contribution in [0, 0.1) is 0 Å². The Morgan fingerprint density at radius 3 is 1.81 bits per heavy atom. The highest BCUT2D eigenvalue weighted by molar-refractivity contribution is 6.09. The number of aromatic nitrogens is 5. The van der Waals surface area contributed by atoms with Crippen molar-refractivity contribution in [3.8, 4) is 51.3 Å².